The lowest BCUT2D eigenvalue weighted by atomic mass is 9.88. The summed E-state index contributed by atoms with van der Waals surface area (Å²) in [5, 5.41) is 0. The molecule has 2 aliphatic rings. The Hall–Kier alpha value is -1.47. The Balaban J connectivity index is 1.72. The zero-order valence-corrected chi connectivity index (χ0v) is 17.9. The van der Waals surface area contributed by atoms with Gasteiger partial charge in [0.1, 0.15) is 0 Å². The summed E-state index contributed by atoms with van der Waals surface area (Å²) in [5.74, 6) is 1.82. The molecule has 0 bridgehead atoms. The second-order valence-electron chi connectivity index (χ2n) is 8.75. The predicted molar refractivity (Wildman–Crippen MR) is 108 cm³/mol. The van der Waals surface area contributed by atoms with Crippen molar-refractivity contribution in [3.05, 3.63) is 23.3 Å². The van der Waals surface area contributed by atoms with E-state index < -0.39 is 12.6 Å². The SMILES string of the molecule is COc1cc2c(cc1OCCCC(F)(F)F)CCN1C[C@@H](CC(C)C)N(C)C[C@H]21. The summed E-state index contributed by atoms with van der Waals surface area (Å²) in [5.41, 5.74) is 2.47. The second kappa shape index (κ2) is 9.13. The molecule has 29 heavy (non-hydrogen) atoms. The van der Waals surface area contributed by atoms with Crippen molar-refractivity contribution in [3.63, 3.8) is 0 Å². The minimum absolute atomic E-state index is 0.0316. The molecule has 0 N–H and O–H groups in total. The third-order valence-corrected chi connectivity index (χ3v) is 6.03. The summed E-state index contributed by atoms with van der Waals surface area (Å²) in [6.45, 7) is 7.61. The maximum atomic E-state index is 12.3. The lowest BCUT2D eigenvalue weighted by Crippen LogP contribution is -2.55. The van der Waals surface area contributed by atoms with Crippen molar-refractivity contribution in [2.75, 3.05) is 40.4 Å². The molecular formula is C22H33F3N2O2. The van der Waals surface area contributed by atoms with Crippen molar-refractivity contribution in [2.45, 2.75) is 57.8 Å². The number of likely N-dealkylation sites (N-methyl/N-ethyl adjacent to an activating group) is 1. The van der Waals surface area contributed by atoms with E-state index in [2.05, 4.69) is 30.7 Å². The second-order valence-corrected chi connectivity index (χ2v) is 8.75. The fraction of sp³-hybridized carbons (Fsp3) is 0.727. The molecule has 2 heterocycles. The maximum absolute atomic E-state index is 12.3. The zero-order valence-electron chi connectivity index (χ0n) is 17.9. The number of methoxy groups -OCH3 is 1. The van der Waals surface area contributed by atoms with Crippen molar-refractivity contribution >= 4 is 0 Å². The fourth-order valence-corrected chi connectivity index (χ4v) is 4.55. The van der Waals surface area contributed by atoms with Crippen molar-refractivity contribution in [3.8, 4) is 11.5 Å². The van der Waals surface area contributed by atoms with E-state index in [9.17, 15) is 13.2 Å². The van der Waals surface area contributed by atoms with E-state index in [0.717, 1.165) is 26.1 Å². The molecule has 0 spiro atoms. The third kappa shape index (κ3) is 5.57. The Labute approximate surface area is 172 Å². The molecule has 1 aromatic rings. The number of hydrogen-bond acceptors (Lipinski definition) is 4. The Kier molecular flexibility index (Phi) is 6.99. The van der Waals surface area contributed by atoms with E-state index in [1.54, 1.807) is 7.11 Å². The number of hydrogen-bond donors (Lipinski definition) is 0. The van der Waals surface area contributed by atoms with Crippen molar-refractivity contribution in [1.82, 2.24) is 9.80 Å². The zero-order chi connectivity index (χ0) is 21.2. The Morgan fingerprint density at radius 1 is 1.17 bits per heavy atom. The van der Waals surface area contributed by atoms with Crippen LogP contribution in [0, 0.1) is 5.92 Å². The standard InChI is InChI=1S/C22H33F3N2O2/c1-15(2)10-17-13-27-8-6-16-11-21(29-9-5-7-22(23,24)25)20(28-4)12-18(16)19(27)14-26(17)3/h11-12,15,17,19H,5-10,13-14H2,1-4H3/t17-,19-/m1/s1. The Morgan fingerprint density at radius 3 is 2.59 bits per heavy atom. The monoisotopic (exact) mass is 414 g/mol. The molecule has 3 rings (SSSR count). The van der Waals surface area contributed by atoms with Crippen LogP contribution in [0.25, 0.3) is 0 Å². The number of ether oxygens (including phenoxy) is 2. The van der Waals surface area contributed by atoms with Crippen LogP contribution < -0.4 is 9.47 Å². The maximum Gasteiger partial charge on any atom is 0.389 e. The van der Waals surface area contributed by atoms with Gasteiger partial charge in [-0.15, -0.1) is 0 Å². The van der Waals surface area contributed by atoms with Gasteiger partial charge in [0.25, 0.3) is 0 Å². The average Bonchev–Trinajstić information content (AvgIpc) is 2.64. The van der Waals surface area contributed by atoms with Gasteiger partial charge in [-0.2, -0.15) is 13.2 Å². The van der Waals surface area contributed by atoms with Crippen molar-refractivity contribution < 1.29 is 22.6 Å². The molecule has 0 unspecified atom stereocenters. The normalized spacial score (nSPS) is 23.0. The predicted octanol–water partition coefficient (Wildman–Crippen LogP) is 4.68. The number of fused-ring (bicyclic) bond motifs is 3. The first kappa shape index (κ1) is 22.2. The number of rotatable bonds is 7. The van der Waals surface area contributed by atoms with Crippen LogP contribution in [0.5, 0.6) is 11.5 Å². The lowest BCUT2D eigenvalue weighted by Gasteiger charge is -2.48. The summed E-state index contributed by atoms with van der Waals surface area (Å²) in [7, 11) is 3.78. The lowest BCUT2D eigenvalue weighted by molar-refractivity contribution is -0.136. The Morgan fingerprint density at radius 2 is 1.93 bits per heavy atom. The molecule has 0 saturated carbocycles. The molecule has 1 saturated heterocycles. The molecule has 164 valence electrons. The van der Waals surface area contributed by atoms with Gasteiger partial charge in [-0.1, -0.05) is 13.8 Å². The van der Waals surface area contributed by atoms with Crippen LogP contribution in [0.15, 0.2) is 12.1 Å². The van der Waals surface area contributed by atoms with Crippen LogP contribution >= 0.6 is 0 Å². The third-order valence-electron chi connectivity index (χ3n) is 6.03. The van der Waals surface area contributed by atoms with Gasteiger partial charge in [-0.3, -0.25) is 4.90 Å². The number of halogens is 3. The molecule has 0 radical (unpaired) electrons. The van der Waals surface area contributed by atoms with E-state index in [0.29, 0.717) is 29.5 Å². The number of nitrogens with zero attached hydrogens (tertiary/aromatic N) is 2. The van der Waals surface area contributed by atoms with Gasteiger partial charge in [-0.05, 0) is 55.5 Å². The van der Waals surface area contributed by atoms with Crippen LogP contribution in [0.3, 0.4) is 0 Å². The van der Waals surface area contributed by atoms with Crippen LogP contribution in [0.4, 0.5) is 13.2 Å². The first-order valence-electron chi connectivity index (χ1n) is 10.5. The highest BCUT2D eigenvalue weighted by Gasteiger charge is 2.37. The summed E-state index contributed by atoms with van der Waals surface area (Å²) < 4.78 is 48.2. The average molecular weight is 415 g/mol. The van der Waals surface area contributed by atoms with E-state index in [1.807, 2.05) is 12.1 Å². The van der Waals surface area contributed by atoms with Crippen molar-refractivity contribution in [1.29, 1.82) is 0 Å². The largest absolute Gasteiger partial charge is 0.493 e. The molecule has 0 aromatic heterocycles. The number of alkyl halides is 3. The van der Waals surface area contributed by atoms with Crippen LogP contribution in [-0.4, -0.2) is 62.4 Å². The number of benzene rings is 1. The highest BCUT2D eigenvalue weighted by Crippen LogP contribution is 2.40. The summed E-state index contributed by atoms with van der Waals surface area (Å²) in [4.78, 5) is 5.03. The summed E-state index contributed by atoms with van der Waals surface area (Å²) in [6.07, 6.45) is -2.91. The van der Waals surface area contributed by atoms with E-state index in [1.165, 1.54) is 17.5 Å². The molecule has 1 fully saturated rings. The highest BCUT2D eigenvalue weighted by atomic mass is 19.4. The minimum atomic E-state index is -4.15. The molecule has 2 atom stereocenters. The highest BCUT2D eigenvalue weighted by molar-refractivity contribution is 5.49. The van der Waals surface area contributed by atoms with Gasteiger partial charge < -0.3 is 14.4 Å². The Bertz CT molecular complexity index is 693. The first-order valence-corrected chi connectivity index (χ1v) is 10.5. The van der Waals surface area contributed by atoms with E-state index >= 15 is 0 Å². The first-order chi connectivity index (χ1) is 13.7. The topological polar surface area (TPSA) is 24.9 Å². The van der Waals surface area contributed by atoms with Crippen LogP contribution in [0.2, 0.25) is 0 Å². The molecule has 0 aliphatic carbocycles. The summed E-state index contributed by atoms with van der Waals surface area (Å²) in [6, 6.07) is 4.90. The van der Waals surface area contributed by atoms with Gasteiger partial charge in [-0.25, -0.2) is 0 Å². The quantitative estimate of drug-likeness (QED) is 0.605. The molecular weight excluding hydrogens is 381 g/mol. The molecule has 0 amide bonds. The van der Waals surface area contributed by atoms with Gasteiger partial charge in [0.05, 0.1) is 13.7 Å². The van der Waals surface area contributed by atoms with Crippen LogP contribution in [-0.2, 0) is 6.42 Å². The fourth-order valence-electron chi connectivity index (χ4n) is 4.55. The van der Waals surface area contributed by atoms with Gasteiger partial charge >= 0.3 is 6.18 Å². The molecule has 7 heteroatoms. The van der Waals surface area contributed by atoms with E-state index in [4.69, 9.17) is 9.47 Å². The smallest absolute Gasteiger partial charge is 0.389 e. The summed E-state index contributed by atoms with van der Waals surface area (Å²) >= 11 is 0. The molecule has 2 aliphatic heterocycles. The van der Waals surface area contributed by atoms with Crippen LogP contribution in [0.1, 0.15) is 50.3 Å². The van der Waals surface area contributed by atoms with Gasteiger partial charge in [0.15, 0.2) is 11.5 Å². The van der Waals surface area contributed by atoms with Crippen molar-refractivity contribution in [2.24, 2.45) is 5.92 Å². The van der Waals surface area contributed by atoms with E-state index in [-0.39, 0.29) is 13.0 Å². The van der Waals surface area contributed by atoms with Gasteiger partial charge in [0, 0.05) is 38.1 Å². The molecule has 4 nitrogen and oxygen atoms in total. The number of piperazine rings is 1. The van der Waals surface area contributed by atoms with Gasteiger partial charge in [0.2, 0.25) is 0 Å². The minimum Gasteiger partial charge on any atom is -0.493 e. The molecule has 1 aromatic carbocycles.